The largest absolute Gasteiger partial charge is 0.490 e. The summed E-state index contributed by atoms with van der Waals surface area (Å²) in [5, 5.41) is 4.12. The van der Waals surface area contributed by atoms with Gasteiger partial charge in [0.15, 0.2) is 0 Å². The van der Waals surface area contributed by atoms with Gasteiger partial charge in [0.05, 0.1) is 11.1 Å². The van der Waals surface area contributed by atoms with Crippen LogP contribution in [0.1, 0.15) is 5.56 Å². The van der Waals surface area contributed by atoms with Gasteiger partial charge in [-0.05, 0) is 24.6 Å². The lowest BCUT2D eigenvalue weighted by Gasteiger charge is -2.23. The van der Waals surface area contributed by atoms with E-state index in [-0.39, 0.29) is 0 Å². The van der Waals surface area contributed by atoms with Gasteiger partial charge in [0.25, 0.3) is 0 Å². The molecule has 1 saturated heterocycles. The summed E-state index contributed by atoms with van der Waals surface area (Å²) in [6.07, 6.45) is 0. The topological polar surface area (TPSA) is 21.3 Å². The monoisotopic (exact) mass is 257 g/mol. The zero-order valence-corrected chi connectivity index (χ0v) is 10.9. The van der Waals surface area contributed by atoms with Crippen LogP contribution in [0.15, 0.2) is 18.2 Å². The highest BCUT2D eigenvalue weighted by molar-refractivity contribution is 7.99. The Hall–Kier alpha value is -0.380. The third kappa shape index (κ3) is 3.30. The molecule has 0 amide bonds. The molecule has 0 radical (unpaired) electrons. The molecule has 1 N–H and O–H groups in total. The Morgan fingerprint density at radius 2 is 2.44 bits per heavy atom. The fourth-order valence-corrected chi connectivity index (χ4v) is 2.74. The van der Waals surface area contributed by atoms with Gasteiger partial charge in [-0.25, -0.2) is 0 Å². The van der Waals surface area contributed by atoms with Gasteiger partial charge in [0.1, 0.15) is 12.4 Å². The number of ether oxygens (including phenoxy) is 1. The number of thioether (sulfide) groups is 1. The highest BCUT2D eigenvalue weighted by atomic mass is 35.5. The number of benzene rings is 1. The molecule has 1 heterocycles. The van der Waals surface area contributed by atoms with Gasteiger partial charge in [0.2, 0.25) is 0 Å². The molecule has 1 aliphatic rings. The van der Waals surface area contributed by atoms with Crippen molar-refractivity contribution in [3.05, 3.63) is 28.8 Å². The van der Waals surface area contributed by atoms with E-state index in [4.69, 9.17) is 16.3 Å². The molecular weight excluding hydrogens is 242 g/mol. The lowest BCUT2D eigenvalue weighted by molar-refractivity contribution is 0.276. The normalized spacial score (nSPS) is 20.8. The van der Waals surface area contributed by atoms with Crippen LogP contribution in [0.2, 0.25) is 5.02 Å². The predicted octanol–water partition coefficient (Wildman–Crippen LogP) is 2.73. The maximum Gasteiger partial charge on any atom is 0.138 e. The quantitative estimate of drug-likeness (QED) is 0.900. The number of nitrogens with one attached hydrogen (secondary N) is 1. The molecule has 16 heavy (non-hydrogen) atoms. The van der Waals surface area contributed by atoms with E-state index in [2.05, 4.69) is 5.32 Å². The molecule has 4 heteroatoms. The first-order valence-corrected chi connectivity index (χ1v) is 6.99. The van der Waals surface area contributed by atoms with Gasteiger partial charge in [0, 0.05) is 18.1 Å². The highest BCUT2D eigenvalue weighted by Gasteiger charge is 2.14. The van der Waals surface area contributed by atoms with Crippen LogP contribution in [-0.2, 0) is 0 Å². The van der Waals surface area contributed by atoms with Crippen molar-refractivity contribution in [2.45, 2.75) is 13.0 Å². The second kappa shape index (κ2) is 5.80. The summed E-state index contributed by atoms with van der Waals surface area (Å²) in [5.74, 6) is 3.10. The van der Waals surface area contributed by atoms with Crippen molar-refractivity contribution in [1.29, 1.82) is 0 Å². The first kappa shape index (κ1) is 12.1. The molecule has 0 spiro atoms. The van der Waals surface area contributed by atoms with Gasteiger partial charge >= 0.3 is 0 Å². The van der Waals surface area contributed by atoms with E-state index in [0.29, 0.717) is 17.7 Å². The lowest BCUT2D eigenvalue weighted by Crippen LogP contribution is -2.41. The Labute approximate surface area is 106 Å². The van der Waals surface area contributed by atoms with Crippen molar-refractivity contribution in [2.75, 3.05) is 24.7 Å². The number of hydrogen-bond acceptors (Lipinski definition) is 3. The van der Waals surface area contributed by atoms with Gasteiger partial charge in [-0.1, -0.05) is 17.7 Å². The van der Waals surface area contributed by atoms with Crippen LogP contribution in [0, 0.1) is 6.92 Å². The predicted molar refractivity (Wildman–Crippen MR) is 70.8 cm³/mol. The van der Waals surface area contributed by atoms with Crippen LogP contribution in [0.4, 0.5) is 0 Å². The lowest BCUT2D eigenvalue weighted by atomic mass is 10.2. The molecule has 1 atom stereocenters. The Kier molecular flexibility index (Phi) is 4.38. The van der Waals surface area contributed by atoms with E-state index in [9.17, 15) is 0 Å². The van der Waals surface area contributed by atoms with E-state index >= 15 is 0 Å². The van der Waals surface area contributed by atoms with Crippen LogP contribution in [0.3, 0.4) is 0 Å². The van der Waals surface area contributed by atoms with Crippen LogP contribution in [0.25, 0.3) is 0 Å². The number of hydrogen-bond donors (Lipinski definition) is 1. The van der Waals surface area contributed by atoms with Gasteiger partial charge < -0.3 is 10.1 Å². The van der Waals surface area contributed by atoms with Gasteiger partial charge in [-0.3, -0.25) is 0 Å². The van der Waals surface area contributed by atoms with E-state index in [1.54, 1.807) is 0 Å². The van der Waals surface area contributed by atoms with Crippen LogP contribution in [-0.4, -0.2) is 30.7 Å². The summed E-state index contributed by atoms with van der Waals surface area (Å²) in [5.41, 5.74) is 1.17. The van der Waals surface area contributed by atoms with Crippen molar-refractivity contribution in [3.8, 4) is 5.75 Å². The van der Waals surface area contributed by atoms with E-state index in [0.717, 1.165) is 18.0 Å². The van der Waals surface area contributed by atoms with Crippen molar-refractivity contribution in [1.82, 2.24) is 5.32 Å². The fraction of sp³-hybridized carbons (Fsp3) is 0.500. The summed E-state index contributed by atoms with van der Waals surface area (Å²) < 4.78 is 5.75. The van der Waals surface area contributed by atoms with E-state index in [1.165, 1.54) is 11.3 Å². The second-order valence-electron chi connectivity index (χ2n) is 3.97. The van der Waals surface area contributed by atoms with Crippen LogP contribution >= 0.6 is 23.4 Å². The molecular formula is C12H16ClNOS. The first-order chi connectivity index (χ1) is 7.75. The Balaban J connectivity index is 1.90. The Bertz CT molecular complexity index is 353. The molecule has 2 nitrogen and oxygen atoms in total. The SMILES string of the molecule is Cc1ccc(Cl)c(OCC2CSCCN2)c1. The standard InChI is InChI=1S/C12H16ClNOS/c1-9-2-3-11(13)12(6-9)15-7-10-8-16-5-4-14-10/h2-3,6,10,14H,4-5,7-8H2,1H3. The summed E-state index contributed by atoms with van der Waals surface area (Å²) >= 11 is 8.03. The van der Waals surface area contributed by atoms with Crippen molar-refractivity contribution in [2.24, 2.45) is 0 Å². The molecule has 2 rings (SSSR count). The average molecular weight is 258 g/mol. The zero-order chi connectivity index (χ0) is 11.4. The maximum absolute atomic E-state index is 6.06. The number of rotatable bonds is 3. The molecule has 1 aromatic rings. The summed E-state index contributed by atoms with van der Waals surface area (Å²) in [6, 6.07) is 6.30. The number of halogens is 1. The molecule has 0 bridgehead atoms. The highest BCUT2D eigenvalue weighted by Crippen LogP contribution is 2.25. The molecule has 1 fully saturated rings. The summed E-state index contributed by atoms with van der Waals surface area (Å²) in [7, 11) is 0. The first-order valence-electron chi connectivity index (χ1n) is 5.46. The summed E-state index contributed by atoms with van der Waals surface area (Å²) in [6.45, 7) is 3.80. The molecule has 1 aliphatic heterocycles. The van der Waals surface area contributed by atoms with Gasteiger partial charge in [-0.2, -0.15) is 11.8 Å². The van der Waals surface area contributed by atoms with E-state index < -0.39 is 0 Å². The fourth-order valence-electron chi connectivity index (χ4n) is 1.64. The van der Waals surface area contributed by atoms with Gasteiger partial charge in [-0.15, -0.1) is 0 Å². The van der Waals surface area contributed by atoms with Crippen molar-refractivity contribution >= 4 is 23.4 Å². The molecule has 0 aromatic heterocycles. The smallest absolute Gasteiger partial charge is 0.138 e. The van der Waals surface area contributed by atoms with Crippen molar-refractivity contribution in [3.63, 3.8) is 0 Å². The third-order valence-electron chi connectivity index (χ3n) is 2.53. The van der Waals surface area contributed by atoms with E-state index in [1.807, 2.05) is 36.9 Å². The molecule has 0 saturated carbocycles. The van der Waals surface area contributed by atoms with Crippen LogP contribution < -0.4 is 10.1 Å². The minimum atomic E-state index is 0.440. The average Bonchev–Trinajstić information content (AvgIpc) is 2.32. The molecule has 1 unspecified atom stereocenters. The maximum atomic E-state index is 6.06. The number of aryl methyl sites for hydroxylation is 1. The molecule has 88 valence electrons. The minimum absolute atomic E-state index is 0.440. The second-order valence-corrected chi connectivity index (χ2v) is 5.53. The molecule has 0 aliphatic carbocycles. The Morgan fingerprint density at radius 1 is 1.56 bits per heavy atom. The minimum Gasteiger partial charge on any atom is -0.490 e. The van der Waals surface area contributed by atoms with Crippen LogP contribution in [0.5, 0.6) is 5.75 Å². The van der Waals surface area contributed by atoms with Crippen molar-refractivity contribution < 1.29 is 4.74 Å². The zero-order valence-electron chi connectivity index (χ0n) is 9.33. The summed E-state index contributed by atoms with van der Waals surface area (Å²) in [4.78, 5) is 0. The third-order valence-corrected chi connectivity index (χ3v) is 3.97. The molecule has 1 aromatic carbocycles. The Morgan fingerprint density at radius 3 is 3.19 bits per heavy atom.